The zero-order valence-electron chi connectivity index (χ0n) is 19.5. The van der Waals surface area contributed by atoms with Gasteiger partial charge in [-0.3, -0.25) is 14.4 Å². The number of halogens is 3. The van der Waals surface area contributed by atoms with Gasteiger partial charge in [0, 0.05) is 6.04 Å². The van der Waals surface area contributed by atoms with Crippen molar-refractivity contribution in [3.05, 3.63) is 24.0 Å². The smallest absolute Gasteiger partial charge is 0.433 e. The number of hydrogen-bond donors (Lipinski definition) is 2. The molecule has 37 heavy (non-hydrogen) atoms. The third-order valence-electron chi connectivity index (χ3n) is 7.57. The Bertz CT molecular complexity index is 1170. The van der Waals surface area contributed by atoms with Gasteiger partial charge in [0.2, 0.25) is 5.91 Å². The summed E-state index contributed by atoms with van der Waals surface area (Å²) in [6, 6.07) is -1.81. The Labute approximate surface area is 208 Å². The second-order valence-electron chi connectivity index (χ2n) is 9.81. The molecule has 1 aromatic heterocycles. The van der Waals surface area contributed by atoms with Crippen molar-refractivity contribution < 1.29 is 42.3 Å². The quantitative estimate of drug-likeness (QED) is 0.580. The number of nitrogens with zero attached hydrogens (tertiary/aromatic N) is 4. The number of alkyl halides is 3. The van der Waals surface area contributed by atoms with Crippen LogP contribution in [0.3, 0.4) is 0 Å². The number of carbonyl (C=O) groups is 5. The van der Waals surface area contributed by atoms with Crippen LogP contribution in [0, 0.1) is 0 Å². The topological polar surface area (TPSA) is 140 Å². The lowest BCUT2D eigenvalue weighted by Gasteiger charge is -2.36. The van der Waals surface area contributed by atoms with E-state index in [1.807, 2.05) is 0 Å². The minimum absolute atomic E-state index is 0.193. The SMILES string of the molecule is O=C(O)N[C@H]1CCCC[C@H]2CC[C@@H](C(=O)N3C(=O)N(c4ccc(C(F)(F)F)nc4)C(=O)C34CC4)N2C1=O. The second kappa shape index (κ2) is 8.70. The first kappa shape index (κ1) is 25.0. The molecule has 3 atom stereocenters. The minimum Gasteiger partial charge on any atom is -0.465 e. The molecule has 6 amide bonds. The van der Waals surface area contributed by atoms with Crippen molar-refractivity contribution in [3.8, 4) is 0 Å². The average Bonchev–Trinajstić information content (AvgIpc) is 3.46. The fourth-order valence-corrected chi connectivity index (χ4v) is 5.65. The molecule has 2 N–H and O–H groups in total. The Kier molecular flexibility index (Phi) is 5.87. The van der Waals surface area contributed by atoms with Gasteiger partial charge in [0.15, 0.2) is 0 Å². The monoisotopic (exact) mass is 523 g/mol. The first-order valence-electron chi connectivity index (χ1n) is 12.0. The molecule has 3 saturated heterocycles. The van der Waals surface area contributed by atoms with E-state index in [1.54, 1.807) is 0 Å². The van der Waals surface area contributed by atoms with Crippen LogP contribution in [0.5, 0.6) is 0 Å². The highest BCUT2D eigenvalue weighted by Gasteiger charge is 2.68. The van der Waals surface area contributed by atoms with Crippen LogP contribution in [0.1, 0.15) is 57.1 Å². The molecule has 4 fully saturated rings. The number of pyridine rings is 1. The zero-order chi connectivity index (χ0) is 26.7. The van der Waals surface area contributed by atoms with Crippen LogP contribution in [0.25, 0.3) is 0 Å². The molecule has 0 aromatic carbocycles. The summed E-state index contributed by atoms with van der Waals surface area (Å²) >= 11 is 0. The molecule has 0 radical (unpaired) electrons. The van der Waals surface area contributed by atoms with E-state index in [0.717, 1.165) is 23.6 Å². The van der Waals surface area contributed by atoms with Gasteiger partial charge < -0.3 is 15.3 Å². The predicted molar refractivity (Wildman–Crippen MR) is 118 cm³/mol. The third-order valence-corrected chi connectivity index (χ3v) is 7.57. The van der Waals surface area contributed by atoms with E-state index in [4.69, 9.17) is 5.11 Å². The van der Waals surface area contributed by atoms with E-state index < -0.39 is 59.3 Å². The normalized spacial score (nSPS) is 27.3. The maximum atomic E-state index is 13.8. The first-order valence-corrected chi connectivity index (χ1v) is 12.0. The molecule has 3 aliphatic heterocycles. The van der Waals surface area contributed by atoms with Gasteiger partial charge in [0.05, 0.1) is 11.9 Å². The molecule has 4 aliphatic rings. The summed E-state index contributed by atoms with van der Waals surface area (Å²) < 4.78 is 38.7. The lowest BCUT2D eigenvalue weighted by molar-refractivity contribution is -0.147. The van der Waals surface area contributed by atoms with E-state index in [9.17, 15) is 37.1 Å². The number of anilines is 1. The van der Waals surface area contributed by atoms with E-state index in [0.29, 0.717) is 30.2 Å². The number of amides is 6. The maximum Gasteiger partial charge on any atom is 0.433 e. The summed E-state index contributed by atoms with van der Waals surface area (Å²) in [7, 11) is 0. The molecule has 198 valence electrons. The molecule has 11 nitrogen and oxygen atoms in total. The second-order valence-corrected chi connectivity index (χ2v) is 9.81. The number of hydrogen-bond acceptors (Lipinski definition) is 6. The summed E-state index contributed by atoms with van der Waals surface area (Å²) in [4.78, 5) is 71.2. The van der Waals surface area contributed by atoms with Gasteiger partial charge in [-0.2, -0.15) is 13.2 Å². The van der Waals surface area contributed by atoms with Gasteiger partial charge in [-0.15, -0.1) is 0 Å². The summed E-state index contributed by atoms with van der Waals surface area (Å²) in [6.07, 6.45) is -1.93. The number of carboxylic acid groups (broad SMARTS) is 1. The number of rotatable bonds is 3. The number of carbonyl (C=O) groups excluding carboxylic acids is 4. The maximum absolute atomic E-state index is 13.8. The highest BCUT2D eigenvalue weighted by molar-refractivity contribution is 6.29. The molecule has 14 heteroatoms. The van der Waals surface area contributed by atoms with Crippen molar-refractivity contribution in [2.45, 2.75) is 81.2 Å². The zero-order valence-corrected chi connectivity index (χ0v) is 19.5. The van der Waals surface area contributed by atoms with Crippen molar-refractivity contribution in [2.75, 3.05) is 4.90 Å². The van der Waals surface area contributed by atoms with Crippen LogP contribution in [0.15, 0.2) is 18.3 Å². The Morgan fingerprint density at radius 2 is 1.76 bits per heavy atom. The van der Waals surface area contributed by atoms with Crippen LogP contribution >= 0.6 is 0 Å². The molecule has 1 spiro atoms. The lowest BCUT2D eigenvalue weighted by Crippen LogP contribution is -2.58. The van der Waals surface area contributed by atoms with Crippen molar-refractivity contribution in [2.24, 2.45) is 0 Å². The minimum atomic E-state index is -4.71. The van der Waals surface area contributed by atoms with Crippen LogP contribution in [-0.2, 0) is 20.6 Å². The predicted octanol–water partition coefficient (Wildman–Crippen LogP) is 2.50. The largest absolute Gasteiger partial charge is 0.465 e. The molecule has 1 saturated carbocycles. The molecule has 5 rings (SSSR count). The number of fused-ring (bicyclic) bond motifs is 1. The molecule has 4 heterocycles. The first-order chi connectivity index (χ1) is 17.5. The van der Waals surface area contributed by atoms with Gasteiger partial charge in [-0.05, 0) is 50.7 Å². The molecular weight excluding hydrogens is 499 g/mol. The number of urea groups is 1. The fraction of sp³-hybridized carbons (Fsp3) is 0.565. The van der Waals surface area contributed by atoms with E-state index in [-0.39, 0.29) is 37.4 Å². The summed E-state index contributed by atoms with van der Waals surface area (Å²) in [5.41, 5.74) is -2.83. The van der Waals surface area contributed by atoms with Gasteiger partial charge in [-0.1, -0.05) is 12.8 Å². The summed E-state index contributed by atoms with van der Waals surface area (Å²) in [6.45, 7) is 0. The van der Waals surface area contributed by atoms with Crippen LogP contribution in [-0.4, -0.2) is 73.4 Å². The Balaban J connectivity index is 1.43. The molecule has 1 aromatic rings. The molecule has 0 unspecified atom stereocenters. The van der Waals surface area contributed by atoms with Gasteiger partial charge in [0.1, 0.15) is 23.3 Å². The number of imide groups is 2. The van der Waals surface area contributed by atoms with Crippen LogP contribution in [0.4, 0.5) is 28.4 Å². The van der Waals surface area contributed by atoms with Crippen molar-refractivity contribution >= 4 is 35.5 Å². The van der Waals surface area contributed by atoms with Crippen molar-refractivity contribution in [1.82, 2.24) is 20.1 Å². The average molecular weight is 523 g/mol. The van der Waals surface area contributed by atoms with Crippen molar-refractivity contribution in [1.29, 1.82) is 0 Å². The lowest BCUT2D eigenvalue weighted by atomic mass is 9.99. The van der Waals surface area contributed by atoms with Crippen LogP contribution in [0.2, 0.25) is 0 Å². The third kappa shape index (κ3) is 4.07. The summed E-state index contributed by atoms with van der Waals surface area (Å²) in [5.74, 6) is -2.02. The Morgan fingerprint density at radius 3 is 2.35 bits per heavy atom. The highest BCUT2D eigenvalue weighted by Crippen LogP contribution is 2.50. The molecular formula is C23H24F3N5O6. The summed E-state index contributed by atoms with van der Waals surface area (Å²) in [5, 5.41) is 11.4. The van der Waals surface area contributed by atoms with Crippen LogP contribution < -0.4 is 10.2 Å². The molecule has 1 aliphatic carbocycles. The number of nitrogens with one attached hydrogen (secondary N) is 1. The number of aromatic nitrogens is 1. The van der Waals surface area contributed by atoms with Gasteiger partial charge >= 0.3 is 18.3 Å². The van der Waals surface area contributed by atoms with Gasteiger partial charge in [-0.25, -0.2) is 24.4 Å². The fourth-order valence-electron chi connectivity index (χ4n) is 5.65. The van der Waals surface area contributed by atoms with E-state index in [1.165, 1.54) is 4.90 Å². The van der Waals surface area contributed by atoms with Gasteiger partial charge in [0.25, 0.3) is 11.8 Å². The highest BCUT2D eigenvalue weighted by atomic mass is 19.4. The Hall–Kier alpha value is -3.71. The van der Waals surface area contributed by atoms with Crippen molar-refractivity contribution in [3.63, 3.8) is 0 Å². The van der Waals surface area contributed by atoms with E-state index >= 15 is 0 Å². The molecule has 0 bridgehead atoms. The standard InChI is InChI=1S/C23H24F3N5O6/c24-23(25,26)16-8-6-13(11-27-16)30-19(34)22(9-10-22)31(21(30)37)18(33)15-7-5-12-3-1-2-4-14(28-20(35)36)17(32)29(12)15/h6,8,11-12,14-15,28H,1-5,7,9-10H2,(H,35,36)/t12-,14-,15-/m0/s1. The van der Waals surface area contributed by atoms with E-state index in [2.05, 4.69) is 10.3 Å². The Morgan fingerprint density at radius 1 is 1.05 bits per heavy atom.